The quantitative estimate of drug-likeness (QED) is 0.504. The van der Waals surface area contributed by atoms with Crippen LogP contribution in [0.3, 0.4) is 0 Å². The highest BCUT2D eigenvalue weighted by atomic mass is 16.5. The standard InChI is InChI=1S/C24H27N7O/c1-2-32-20-7-4-18(5-8-20)23-21(31-16-19(25)6-9-22(31)28-23)17-29-12-14-30(15-13-29)24-26-10-3-11-27-24/h3-11,16H,2,12-15,17,25H2,1H3. The van der Waals surface area contributed by atoms with Gasteiger partial charge in [0.2, 0.25) is 5.95 Å². The minimum absolute atomic E-state index is 0.651. The highest BCUT2D eigenvalue weighted by molar-refractivity contribution is 5.68. The Balaban J connectivity index is 1.41. The second kappa shape index (κ2) is 8.84. The number of piperazine rings is 1. The number of rotatable bonds is 6. The van der Waals surface area contributed by atoms with Gasteiger partial charge < -0.3 is 19.8 Å². The third-order valence-corrected chi connectivity index (χ3v) is 5.76. The van der Waals surface area contributed by atoms with Crippen molar-refractivity contribution in [2.24, 2.45) is 0 Å². The lowest BCUT2D eigenvalue weighted by atomic mass is 10.1. The minimum atomic E-state index is 0.651. The number of hydrogen-bond donors (Lipinski definition) is 1. The Morgan fingerprint density at radius 1 is 0.969 bits per heavy atom. The molecule has 8 heteroatoms. The van der Waals surface area contributed by atoms with Crippen LogP contribution in [0.5, 0.6) is 5.75 Å². The Morgan fingerprint density at radius 3 is 2.44 bits per heavy atom. The number of benzene rings is 1. The van der Waals surface area contributed by atoms with Gasteiger partial charge in [-0.2, -0.15) is 0 Å². The predicted molar refractivity (Wildman–Crippen MR) is 126 cm³/mol. The van der Waals surface area contributed by atoms with Crippen LogP contribution < -0.4 is 15.4 Å². The average molecular weight is 430 g/mol. The SMILES string of the molecule is CCOc1ccc(-c2nc3ccc(N)cn3c2CN2CCN(c3ncccn3)CC2)cc1. The van der Waals surface area contributed by atoms with Crippen molar-refractivity contribution < 1.29 is 4.74 Å². The molecule has 0 bridgehead atoms. The number of nitrogens with zero attached hydrogens (tertiary/aromatic N) is 6. The number of ether oxygens (including phenoxy) is 1. The van der Waals surface area contributed by atoms with Crippen molar-refractivity contribution in [3.8, 4) is 17.0 Å². The molecule has 0 spiro atoms. The van der Waals surface area contributed by atoms with Crippen molar-refractivity contribution in [3.63, 3.8) is 0 Å². The van der Waals surface area contributed by atoms with Crippen molar-refractivity contribution >= 4 is 17.3 Å². The molecule has 1 fully saturated rings. The summed E-state index contributed by atoms with van der Waals surface area (Å²) in [6, 6.07) is 13.9. The second-order valence-corrected chi connectivity index (χ2v) is 7.87. The first-order chi connectivity index (χ1) is 15.7. The number of imidazole rings is 1. The van der Waals surface area contributed by atoms with Crippen LogP contribution in [-0.4, -0.2) is 57.0 Å². The molecule has 0 amide bonds. The Kier molecular flexibility index (Phi) is 5.60. The molecule has 2 N–H and O–H groups in total. The first-order valence-corrected chi connectivity index (χ1v) is 11.0. The monoisotopic (exact) mass is 429 g/mol. The fourth-order valence-corrected chi connectivity index (χ4v) is 4.14. The summed E-state index contributed by atoms with van der Waals surface area (Å²) in [5.41, 5.74) is 10.9. The molecule has 164 valence electrons. The molecule has 0 radical (unpaired) electrons. The molecule has 4 aromatic rings. The van der Waals surface area contributed by atoms with Crippen LogP contribution in [0.1, 0.15) is 12.6 Å². The first kappa shape index (κ1) is 20.3. The highest BCUT2D eigenvalue weighted by Crippen LogP contribution is 2.28. The van der Waals surface area contributed by atoms with Crippen LogP contribution in [0, 0.1) is 0 Å². The average Bonchev–Trinajstić information content (AvgIpc) is 3.18. The summed E-state index contributed by atoms with van der Waals surface area (Å²) in [7, 11) is 0. The maximum absolute atomic E-state index is 6.11. The van der Waals surface area contributed by atoms with E-state index < -0.39 is 0 Å². The molecule has 1 aromatic carbocycles. The van der Waals surface area contributed by atoms with E-state index in [1.807, 2.05) is 43.5 Å². The van der Waals surface area contributed by atoms with Crippen molar-refractivity contribution in [3.05, 3.63) is 66.7 Å². The number of nitrogens with two attached hydrogens (primary N) is 1. The molecule has 3 aromatic heterocycles. The lowest BCUT2D eigenvalue weighted by Crippen LogP contribution is -2.46. The van der Waals surface area contributed by atoms with E-state index in [1.165, 1.54) is 0 Å². The molecule has 1 saturated heterocycles. The van der Waals surface area contributed by atoms with Crippen LogP contribution in [0.2, 0.25) is 0 Å². The van der Waals surface area contributed by atoms with Crippen LogP contribution in [-0.2, 0) is 6.54 Å². The van der Waals surface area contributed by atoms with Gasteiger partial charge in [0, 0.05) is 62.6 Å². The molecule has 5 rings (SSSR count). The Labute approximate surface area is 187 Å². The van der Waals surface area contributed by atoms with Gasteiger partial charge in [-0.05, 0) is 49.4 Å². The zero-order valence-electron chi connectivity index (χ0n) is 18.2. The van der Waals surface area contributed by atoms with E-state index in [-0.39, 0.29) is 0 Å². The van der Waals surface area contributed by atoms with Crippen molar-refractivity contribution in [1.82, 2.24) is 24.3 Å². The van der Waals surface area contributed by atoms with Gasteiger partial charge in [-0.15, -0.1) is 0 Å². The van der Waals surface area contributed by atoms with Crippen LogP contribution in [0.25, 0.3) is 16.9 Å². The summed E-state index contributed by atoms with van der Waals surface area (Å²) in [5, 5.41) is 0. The molecular weight excluding hydrogens is 402 g/mol. The van der Waals surface area contributed by atoms with Gasteiger partial charge in [0.1, 0.15) is 11.4 Å². The van der Waals surface area contributed by atoms with E-state index >= 15 is 0 Å². The summed E-state index contributed by atoms with van der Waals surface area (Å²) in [5.74, 6) is 1.66. The van der Waals surface area contributed by atoms with E-state index in [9.17, 15) is 0 Å². The maximum Gasteiger partial charge on any atom is 0.225 e. The van der Waals surface area contributed by atoms with E-state index in [2.05, 4.69) is 36.3 Å². The largest absolute Gasteiger partial charge is 0.494 e. The lowest BCUT2D eigenvalue weighted by Gasteiger charge is -2.34. The Hall–Kier alpha value is -3.65. The smallest absolute Gasteiger partial charge is 0.225 e. The number of pyridine rings is 1. The number of nitrogen functional groups attached to an aromatic ring is 1. The summed E-state index contributed by atoms with van der Waals surface area (Å²) in [6.45, 7) is 7.06. The highest BCUT2D eigenvalue weighted by Gasteiger charge is 2.22. The summed E-state index contributed by atoms with van der Waals surface area (Å²) in [6.07, 6.45) is 5.55. The number of anilines is 2. The molecule has 4 heterocycles. The molecule has 1 aliphatic rings. The van der Waals surface area contributed by atoms with Gasteiger partial charge in [-0.25, -0.2) is 15.0 Å². The van der Waals surface area contributed by atoms with Crippen molar-refractivity contribution in [2.75, 3.05) is 43.4 Å². The number of hydrogen-bond acceptors (Lipinski definition) is 7. The van der Waals surface area contributed by atoms with E-state index in [1.54, 1.807) is 12.4 Å². The van der Waals surface area contributed by atoms with Gasteiger partial charge >= 0.3 is 0 Å². The Bertz CT molecular complexity index is 1180. The molecule has 0 atom stereocenters. The first-order valence-electron chi connectivity index (χ1n) is 11.0. The minimum Gasteiger partial charge on any atom is -0.494 e. The number of aromatic nitrogens is 4. The zero-order valence-corrected chi connectivity index (χ0v) is 18.2. The topological polar surface area (TPSA) is 84.8 Å². The molecular formula is C24H27N7O. The van der Waals surface area contributed by atoms with Gasteiger partial charge in [-0.3, -0.25) is 4.90 Å². The van der Waals surface area contributed by atoms with Crippen LogP contribution in [0.4, 0.5) is 11.6 Å². The molecule has 32 heavy (non-hydrogen) atoms. The van der Waals surface area contributed by atoms with Crippen LogP contribution in [0.15, 0.2) is 61.1 Å². The normalized spacial score (nSPS) is 14.7. The Morgan fingerprint density at radius 2 is 1.72 bits per heavy atom. The molecule has 0 unspecified atom stereocenters. The molecule has 8 nitrogen and oxygen atoms in total. The third-order valence-electron chi connectivity index (χ3n) is 5.76. The lowest BCUT2D eigenvalue weighted by molar-refractivity contribution is 0.245. The maximum atomic E-state index is 6.11. The van der Waals surface area contributed by atoms with Gasteiger partial charge in [0.15, 0.2) is 0 Å². The van der Waals surface area contributed by atoms with Gasteiger partial charge in [0.05, 0.1) is 18.0 Å². The molecule has 0 saturated carbocycles. The fourth-order valence-electron chi connectivity index (χ4n) is 4.14. The van der Waals surface area contributed by atoms with E-state index in [0.717, 1.165) is 72.7 Å². The van der Waals surface area contributed by atoms with Crippen LogP contribution >= 0.6 is 0 Å². The van der Waals surface area contributed by atoms with Gasteiger partial charge in [-0.1, -0.05) is 0 Å². The second-order valence-electron chi connectivity index (χ2n) is 7.87. The molecule has 1 aliphatic heterocycles. The van der Waals surface area contributed by atoms with Crippen molar-refractivity contribution in [2.45, 2.75) is 13.5 Å². The fraction of sp³-hybridized carbons (Fsp3) is 0.292. The van der Waals surface area contributed by atoms with Crippen molar-refractivity contribution in [1.29, 1.82) is 0 Å². The van der Waals surface area contributed by atoms with Gasteiger partial charge in [0.25, 0.3) is 0 Å². The number of fused-ring (bicyclic) bond motifs is 1. The van der Waals surface area contributed by atoms with E-state index in [4.69, 9.17) is 15.5 Å². The summed E-state index contributed by atoms with van der Waals surface area (Å²) in [4.78, 5) is 18.4. The zero-order chi connectivity index (χ0) is 21.9. The molecule has 0 aliphatic carbocycles. The predicted octanol–water partition coefficient (Wildman–Crippen LogP) is 3.09. The third kappa shape index (κ3) is 4.09. The van der Waals surface area contributed by atoms with E-state index in [0.29, 0.717) is 6.61 Å². The summed E-state index contributed by atoms with van der Waals surface area (Å²) >= 11 is 0. The summed E-state index contributed by atoms with van der Waals surface area (Å²) < 4.78 is 7.72.